The van der Waals surface area contributed by atoms with E-state index in [1.807, 2.05) is 17.9 Å². The highest BCUT2D eigenvalue weighted by Gasteiger charge is 2.29. The zero-order valence-corrected chi connectivity index (χ0v) is 12.3. The SMILES string of the molecule is Cc1[nH]nc2ncc(C(=O)N3CC(CO)CCC3C)cc12. The standard InChI is InChI=1S/C15H20N4O2/c1-9-3-4-11(8-20)7-19(9)15(21)12-5-13-10(2)17-18-14(13)16-6-12/h5-6,9,11,20H,3-4,7-8H2,1-2H3,(H,16,17,18). The number of likely N-dealkylation sites (tertiary alicyclic amines) is 1. The molecule has 3 rings (SSSR count). The van der Waals surface area contributed by atoms with Crippen molar-refractivity contribution >= 4 is 16.9 Å². The Morgan fingerprint density at radius 2 is 2.33 bits per heavy atom. The van der Waals surface area contributed by atoms with E-state index in [2.05, 4.69) is 22.1 Å². The fourth-order valence-electron chi connectivity index (χ4n) is 2.92. The van der Waals surface area contributed by atoms with Crippen LogP contribution in [0.25, 0.3) is 11.0 Å². The summed E-state index contributed by atoms with van der Waals surface area (Å²) in [6.45, 7) is 4.71. The van der Waals surface area contributed by atoms with E-state index in [0.29, 0.717) is 17.8 Å². The normalized spacial score (nSPS) is 22.7. The first-order valence-corrected chi connectivity index (χ1v) is 7.32. The van der Waals surface area contributed by atoms with E-state index in [4.69, 9.17) is 0 Å². The number of hydrogen-bond donors (Lipinski definition) is 2. The van der Waals surface area contributed by atoms with E-state index in [1.165, 1.54) is 0 Å². The molecule has 2 aromatic rings. The molecule has 0 aliphatic carbocycles. The highest BCUT2D eigenvalue weighted by Crippen LogP contribution is 2.24. The van der Waals surface area contributed by atoms with E-state index < -0.39 is 0 Å². The van der Waals surface area contributed by atoms with Gasteiger partial charge in [-0.15, -0.1) is 0 Å². The summed E-state index contributed by atoms with van der Waals surface area (Å²) in [6, 6.07) is 2.04. The number of aromatic amines is 1. The first-order valence-electron chi connectivity index (χ1n) is 7.32. The van der Waals surface area contributed by atoms with Crippen LogP contribution in [0, 0.1) is 12.8 Å². The highest BCUT2D eigenvalue weighted by molar-refractivity contribution is 5.97. The minimum Gasteiger partial charge on any atom is -0.396 e. The molecule has 0 bridgehead atoms. The van der Waals surface area contributed by atoms with Crippen LogP contribution < -0.4 is 0 Å². The van der Waals surface area contributed by atoms with Crippen LogP contribution in [0.1, 0.15) is 35.8 Å². The van der Waals surface area contributed by atoms with Gasteiger partial charge in [0, 0.05) is 36.5 Å². The zero-order valence-electron chi connectivity index (χ0n) is 12.3. The largest absolute Gasteiger partial charge is 0.396 e. The smallest absolute Gasteiger partial charge is 0.255 e. The van der Waals surface area contributed by atoms with E-state index in [0.717, 1.165) is 23.9 Å². The van der Waals surface area contributed by atoms with Crippen LogP contribution in [0.2, 0.25) is 0 Å². The maximum Gasteiger partial charge on any atom is 0.255 e. The van der Waals surface area contributed by atoms with Gasteiger partial charge < -0.3 is 10.0 Å². The molecule has 6 nitrogen and oxygen atoms in total. The maximum atomic E-state index is 12.7. The van der Waals surface area contributed by atoms with Gasteiger partial charge in [0.1, 0.15) is 0 Å². The number of nitrogens with zero attached hydrogens (tertiary/aromatic N) is 3. The lowest BCUT2D eigenvalue weighted by Crippen LogP contribution is -2.46. The first kappa shape index (κ1) is 14.0. The van der Waals surface area contributed by atoms with Gasteiger partial charge in [-0.3, -0.25) is 9.89 Å². The lowest BCUT2D eigenvalue weighted by molar-refractivity contribution is 0.0488. The molecule has 0 saturated carbocycles. The highest BCUT2D eigenvalue weighted by atomic mass is 16.3. The monoisotopic (exact) mass is 288 g/mol. The molecule has 0 aromatic carbocycles. The van der Waals surface area contributed by atoms with Crippen LogP contribution in [-0.4, -0.2) is 50.3 Å². The third-order valence-electron chi connectivity index (χ3n) is 4.35. The molecule has 2 aromatic heterocycles. The lowest BCUT2D eigenvalue weighted by atomic mass is 9.93. The Bertz CT molecular complexity index is 667. The van der Waals surface area contributed by atoms with Crippen molar-refractivity contribution < 1.29 is 9.90 Å². The minimum absolute atomic E-state index is 0.0179. The van der Waals surface area contributed by atoms with E-state index >= 15 is 0 Å². The molecule has 6 heteroatoms. The van der Waals surface area contributed by atoms with Crippen LogP contribution in [0.4, 0.5) is 0 Å². The Balaban J connectivity index is 1.89. The topological polar surface area (TPSA) is 82.1 Å². The van der Waals surface area contributed by atoms with Gasteiger partial charge >= 0.3 is 0 Å². The lowest BCUT2D eigenvalue weighted by Gasteiger charge is -2.37. The summed E-state index contributed by atoms with van der Waals surface area (Å²) >= 11 is 0. The Kier molecular flexibility index (Phi) is 3.63. The molecule has 1 saturated heterocycles. The van der Waals surface area contributed by atoms with Crippen LogP contribution in [0.5, 0.6) is 0 Å². The second kappa shape index (κ2) is 5.44. The first-order chi connectivity index (χ1) is 10.1. The van der Waals surface area contributed by atoms with Crippen molar-refractivity contribution in [3.05, 3.63) is 23.5 Å². The molecule has 21 heavy (non-hydrogen) atoms. The number of carbonyl (C=O) groups excluding carboxylic acids is 1. The average molecular weight is 288 g/mol. The Hall–Kier alpha value is -1.95. The van der Waals surface area contributed by atoms with Gasteiger partial charge in [-0.25, -0.2) is 4.98 Å². The molecular formula is C15H20N4O2. The van der Waals surface area contributed by atoms with Crippen LogP contribution in [-0.2, 0) is 0 Å². The summed E-state index contributed by atoms with van der Waals surface area (Å²) in [7, 11) is 0. The zero-order chi connectivity index (χ0) is 15.0. The molecule has 2 unspecified atom stereocenters. The molecule has 2 atom stereocenters. The fourth-order valence-corrected chi connectivity index (χ4v) is 2.92. The van der Waals surface area contributed by atoms with Crippen molar-refractivity contribution in [3.63, 3.8) is 0 Å². The third-order valence-corrected chi connectivity index (χ3v) is 4.35. The van der Waals surface area contributed by atoms with E-state index in [1.54, 1.807) is 6.20 Å². The number of carbonyl (C=O) groups is 1. The van der Waals surface area contributed by atoms with Crippen LogP contribution in [0.3, 0.4) is 0 Å². The van der Waals surface area contributed by atoms with Crippen molar-refractivity contribution in [2.75, 3.05) is 13.2 Å². The third kappa shape index (κ3) is 2.51. The number of H-pyrrole nitrogens is 1. The number of amides is 1. The molecule has 1 aliphatic rings. The number of piperidine rings is 1. The van der Waals surface area contributed by atoms with Gasteiger partial charge in [0.15, 0.2) is 5.65 Å². The summed E-state index contributed by atoms with van der Waals surface area (Å²) in [5, 5.41) is 17.2. The van der Waals surface area contributed by atoms with Crippen molar-refractivity contribution in [1.82, 2.24) is 20.1 Å². The van der Waals surface area contributed by atoms with Gasteiger partial charge in [-0.05, 0) is 38.7 Å². The minimum atomic E-state index is -0.0179. The van der Waals surface area contributed by atoms with Crippen molar-refractivity contribution in [1.29, 1.82) is 0 Å². The summed E-state index contributed by atoms with van der Waals surface area (Å²) in [5.41, 5.74) is 2.12. The Morgan fingerprint density at radius 1 is 1.52 bits per heavy atom. The van der Waals surface area contributed by atoms with Gasteiger partial charge in [-0.2, -0.15) is 5.10 Å². The second-order valence-electron chi connectivity index (χ2n) is 5.88. The second-order valence-corrected chi connectivity index (χ2v) is 5.88. The van der Waals surface area contributed by atoms with E-state index in [-0.39, 0.29) is 24.5 Å². The number of fused-ring (bicyclic) bond motifs is 1. The maximum absolute atomic E-state index is 12.7. The number of aromatic nitrogens is 3. The van der Waals surface area contributed by atoms with Gasteiger partial charge in [0.05, 0.1) is 5.56 Å². The number of hydrogen-bond acceptors (Lipinski definition) is 4. The molecule has 112 valence electrons. The van der Waals surface area contributed by atoms with Gasteiger partial charge in [0.25, 0.3) is 5.91 Å². The number of nitrogens with one attached hydrogen (secondary N) is 1. The van der Waals surface area contributed by atoms with Crippen LogP contribution >= 0.6 is 0 Å². The molecule has 2 N–H and O–H groups in total. The predicted octanol–water partition coefficient (Wildman–Crippen LogP) is 1.50. The molecule has 1 aliphatic heterocycles. The van der Waals surface area contributed by atoms with Gasteiger partial charge in [-0.1, -0.05) is 0 Å². The van der Waals surface area contributed by atoms with Crippen molar-refractivity contribution in [3.8, 4) is 0 Å². The average Bonchev–Trinajstić information content (AvgIpc) is 2.88. The molecule has 0 radical (unpaired) electrons. The molecule has 0 spiro atoms. The van der Waals surface area contributed by atoms with E-state index in [9.17, 15) is 9.90 Å². The Labute approximate surface area is 123 Å². The summed E-state index contributed by atoms with van der Waals surface area (Å²) in [5.74, 6) is 0.160. The van der Waals surface area contributed by atoms with Crippen LogP contribution in [0.15, 0.2) is 12.3 Å². The number of aryl methyl sites for hydroxylation is 1. The van der Waals surface area contributed by atoms with Gasteiger partial charge in [0.2, 0.25) is 0 Å². The Morgan fingerprint density at radius 3 is 3.10 bits per heavy atom. The molecule has 3 heterocycles. The molecule has 1 amide bonds. The summed E-state index contributed by atoms with van der Waals surface area (Å²) in [6.07, 6.45) is 3.48. The number of aliphatic hydroxyl groups excluding tert-OH is 1. The van der Waals surface area contributed by atoms with Crippen molar-refractivity contribution in [2.45, 2.75) is 32.7 Å². The number of pyridine rings is 1. The summed E-state index contributed by atoms with van der Waals surface area (Å²) in [4.78, 5) is 18.8. The molecule has 1 fully saturated rings. The molecular weight excluding hydrogens is 268 g/mol. The summed E-state index contributed by atoms with van der Waals surface area (Å²) < 4.78 is 0. The predicted molar refractivity (Wildman–Crippen MR) is 78.9 cm³/mol. The quantitative estimate of drug-likeness (QED) is 0.877. The fraction of sp³-hybridized carbons (Fsp3) is 0.533. The number of rotatable bonds is 2. The van der Waals surface area contributed by atoms with Crippen molar-refractivity contribution in [2.24, 2.45) is 5.92 Å². The number of aliphatic hydroxyl groups is 1.